The lowest BCUT2D eigenvalue weighted by atomic mass is 9.99. The lowest BCUT2D eigenvalue weighted by Crippen LogP contribution is -2.29. The van der Waals surface area contributed by atoms with Crippen LogP contribution >= 0.6 is 11.3 Å². The first-order chi connectivity index (χ1) is 10.1. The second-order valence-corrected chi connectivity index (χ2v) is 6.28. The van der Waals surface area contributed by atoms with Crippen molar-refractivity contribution < 1.29 is 19.1 Å². The van der Waals surface area contributed by atoms with Gasteiger partial charge in [-0.05, 0) is 32.8 Å². The molecule has 2 atom stereocenters. The third-order valence-corrected chi connectivity index (χ3v) is 4.50. The highest BCUT2D eigenvalue weighted by atomic mass is 32.1. The summed E-state index contributed by atoms with van der Waals surface area (Å²) < 4.78 is 10.6. The summed E-state index contributed by atoms with van der Waals surface area (Å²) in [7, 11) is 0. The van der Waals surface area contributed by atoms with Crippen molar-refractivity contribution in [1.29, 1.82) is 0 Å². The van der Waals surface area contributed by atoms with Crippen molar-refractivity contribution in [3.8, 4) is 0 Å². The zero-order valence-corrected chi connectivity index (χ0v) is 13.4. The molecule has 0 bridgehead atoms. The number of aryl methyl sites for hydroxylation is 1. The molecular formula is C15H21NO4S. The Labute approximate surface area is 128 Å². The van der Waals surface area contributed by atoms with Gasteiger partial charge in [0.2, 0.25) is 5.91 Å². The van der Waals surface area contributed by atoms with Crippen molar-refractivity contribution >= 4 is 28.2 Å². The fourth-order valence-corrected chi connectivity index (χ4v) is 3.43. The predicted molar refractivity (Wildman–Crippen MR) is 81.8 cm³/mol. The monoisotopic (exact) mass is 311 g/mol. The summed E-state index contributed by atoms with van der Waals surface area (Å²) in [6.45, 7) is 6.60. The summed E-state index contributed by atoms with van der Waals surface area (Å²) in [6, 6.07) is 1.75. The summed E-state index contributed by atoms with van der Waals surface area (Å²) in [6.07, 6.45) is 1.51. The minimum absolute atomic E-state index is 0.0305. The quantitative estimate of drug-likeness (QED) is 0.849. The Kier molecular flexibility index (Phi) is 5.36. The number of hydrogen-bond donors (Lipinski definition) is 1. The van der Waals surface area contributed by atoms with Gasteiger partial charge >= 0.3 is 5.97 Å². The topological polar surface area (TPSA) is 64.6 Å². The number of carbonyl (C=O) groups is 2. The van der Waals surface area contributed by atoms with Crippen LogP contribution in [-0.2, 0) is 14.3 Å². The molecule has 2 heterocycles. The van der Waals surface area contributed by atoms with E-state index >= 15 is 0 Å². The first kappa shape index (κ1) is 16.0. The van der Waals surface area contributed by atoms with Crippen LogP contribution in [0.25, 0.3) is 0 Å². The van der Waals surface area contributed by atoms with Crippen molar-refractivity contribution in [2.45, 2.75) is 39.7 Å². The molecule has 0 aliphatic carbocycles. The number of thiophene rings is 1. The molecular weight excluding hydrogens is 290 g/mol. The van der Waals surface area contributed by atoms with Crippen LogP contribution in [0.5, 0.6) is 0 Å². The van der Waals surface area contributed by atoms with E-state index in [1.54, 1.807) is 13.0 Å². The molecule has 1 N–H and O–H groups in total. The molecule has 2 rings (SSSR count). The number of esters is 1. The summed E-state index contributed by atoms with van der Waals surface area (Å²) in [5.41, 5.74) is 0.430. The van der Waals surface area contributed by atoms with E-state index in [9.17, 15) is 9.59 Å². The van der Waals surface area contributed by atoms with E-state index < -0.39 is 5.97 Å². The zero-order valence-electron chi connectivity index (χ0n) is 12.6. The van der Waals surface area contributed by atoms with Crippen LogP contribution in [0.3, 0.4) is 0 Å². The van der Waals surface area contributed by atoms with E-state index in [-0.39, 0.29) is 17.9 Å². The van der Waals surface area contributed by atoms with Crippen molar-refractivity contribution in [3.05, 3.63) is 16.5 Å². The highest BCUT2D eigenvalue weighted by molar-refractivity contribution is 7.16. The smallest absolute Gasteiger partial charge is 0.341 e. The summed E-state index contributed by atoms with van der Waals surface area (Å²) >= 11 is 1.39. The van der Waals surface area contributed by atoms with E-state index in [1.807, 2.05) is 13.8 Å². The Morgan fingerprint density at radius 3 is 2.90 bits per heavy atom. The molecule has 6 heteroatoms. The molecule has 0 radical (unpaired) electrons. The molecule has 1 fully saturated rings. The molecule has 0 saturated carbocycles. The maximum Gasteiger partial charge on any atom is 0.341 e. The Morgan fingerprint density at radius 2 is 2.24 bits per heavy atom. The maximum atomic E-state index is 12.4. The van der Waals surface area contributed by atoms with E-state index in [2.05, 4.69) is 5.32 Å². The normalized spacial score (nSPS) is 21.3. The van der Waals surface area contributed by atoms with Gasteiger partial charge in [0.15, 0.2) is 0 Å². The average molecular weight is 311 g/mol. The summed E-state index contributed by atoms with van der Waals surface area (Å²) in [5, 5.41) is 3.44. The van der Waals surface area contributed by atoms with Gasteiger partial charge in [-0.25, -0.2) is 4.79 Å². The summed E-state index contributed by atoms with van der Waals surface area (Å²) in [5.74, 6) is -0.619. The molecule has 2 unspecified atom stereocenters. The Hall–Kier alpha value is -1.40. The average Bonchev–Trinajstić information content (AvgIpc) is 3.05. The van der Waals surface area contributed by atoms with Crippen LogP contribution in [0.15, 0.2) is 6.07 Å². The first-order valence-corrected chi connectivity index (χ1v) is 8.08. The van der Waals surface area contributed by atoms with Gasteiger partial charge in [-0.3, -0.25) is 4.79 Å². The molecule has 1 aliphatic heterocycles. The van der Waals surface area contributed by atoms with Crippen LogP contribution in [0.1, 0.15) is 41.9 Å². The second-order valence-electron chi connectivity index (χ2n) is 5.02. The molecule has 0 spiro atoms. The van der Waals surface area contributed by atoms with Gasteiger partial charge in [-0.1, -0.05) is 6.92 Å². The number of ether oxygens (including phenoxy) is 2. The molecule has 116 valence electrons. The largest absolute Gasteiger partial charge is 0.462 e. The molecule has 1 aliphatic rings. The lowest BCUT2D eigenvalue weighted by Gasteiger charge is -2.16. The van der Waals surface area contributed by atoms with Gasteiger partial charge in [0, 0.05) is 11.5 Å². The van der Waals surface area contributed by atoms with Gasteiger partial charge < -0.3 is 14.8 Å². The lowest BCUT2D eigenvalue weighted by molar-refractivity contribution is -0.121. The Bertz CT molecular complexity index is 526. The van der Waals surface area contributed by atoms with Gasteiger partial charge in [-0.2, -0.15) is 0 Å². The van der Waals surface area contributed by atoms with Gasteiger partial charge in [-0.15, -0.1) is 11.3 Å². The highest BCUT2D eigenvalue weighted by Gasteiger charge is 2.33. The number of anilines is 1. The van der Waals surface area contributed by atoms with E-state index in [0.29, 0.717) is 23.8 Å². The number of carbonyl (C=O) groups excluding carboxylic acids is 2. The molecule has 1 aromatic heterocycles. The van der Waals surface area contributed by atoms with Gasteiger partial charge in [0.1, 0.15) is 5.00 Å². The van der Waals surface area contributed by atoms with Gasteiger partial charge in [0.25, 0.3) is 0 Å². The third kappa shape index (κ3) is 3.63. The van der Waals surface area contributed by atoms with E-state index in [1.165, 1.54) is 11.3 Å². The summed E-state index contributed by atoms with van der Waals surface area (Å²) in [4.78, 5) is 25.3. The Balaban J connectivity index is 2.12. The van der Waals surface area contributed by atoms with Crippen molar-refractivity contribution in [2.75, 3.05) is 18.5 Å². The SMILES string of the molecule is CCOC(=O)c1cc(C)sc1NC(=O)C1CCOC1CC. The predicted octanol–water partition coefficient (Wildman–Crippen LogP) is 2.99. The van der Waals surface area contributed by atoms with Crippen molar-refractivity contribution in [2.24, 2.45) is 5.92 Å². The minimum atomic E-state index is -0.396. The molecule has 21 heavy (non-hydrogen) atoms. The molecule has 1 saturated heterocycles. The van der Waals surface area contributed by atoms with E-state index in [0.717, 1.165) is 17.7 Å². The van der Waals surface area contributed by atoms with E-state index in [4.69, 9.17) is 9.47 Å². The second kappa shape index (κ2) is 7.04. The standard InChI is InChI=1S/C15H21NO4S/c1-4-12-10(6-7-20-12)13(17)16-14-11(8-9(3)21-14)15(18)19-5-2/h8,10,12H,4-7H2,1-3H3,(H,16,17). The molecule has 0 aromatic carbocycles. The Morgan fingerprint density at radius 1 is 1.48 bits per heavy atom. The molecule has 1 aromatic rings. The third-order valence-electron chi connectivity index (χ3n) is 3.54. The van der Waals surface area contributed by atoms with Crippen molar-refractivity contribution in [3.63, 3.8) is 0 Å². The van der Waals surface area contributed by atoms with Crippen LogP contribution < -0.4 is 5.32 Å². The molecule has 1 amide bonds. The van der Waals surface area contributed by atoms with Crippen LogP contribution in [-0.4, -0.2) is 31.2 Å². The minimum Gasteiger partial charge on any atom is -0.462 e. The van der Waals surface area contributed by atoms with Crippen molar-refractivity contribution in [1.82, 2.24) is 0 Å². The van der Waals surface area contributed by atoms with Crippen LogP contribution in [0.2, 0.25) is 0 Å². The number of amides is 1. The fraction of sp³-hybridized carbons (Fsp3) is 0.600. The van der Waals surface area contributed by atoms with Crippen LogP contribution in [0.4, 0.5) is 5.00 Å². The van der Waals surface area contributed by atoms with Crippen LogP contribution in [0, 0.1) is 12.8 Å². The first-order valence-electron chi connectivity index (χ1n) is 7.26. The molecule has 5 nitrogen and oxygen atoms in total. The maximum absolute atomic E-state index is 12.4. The zero-order chi connectivity index (χ0) is 15.4. The number of nitrogens with one attached hydrogen (secondary N) is 1. The fourth-order valence-electron chi connectivity index (χ4n) is 2.52. The highest BCUT2D eigenvalue weighted by Crippen LogP contribution is 2.31. The van der Waals surface area contributed by atoms with Gasteiger partial charge in [0.05, 0.1) is 24.2 Å². The number of hydrogen-bond acceptors (Lipinski definition) is 5. The number of rotatable bonds is 5.